The van der Waals surface area contributed by atoms with E-state index in [1.165, 1.54) is 27.8 Å². The molecule has 188 valence electrons. The molecule has 0 unspecified atom stereocenters. The number of nitrogens with two attached hydrogens (primary N) is 1. The molecule has 11 nitrogen and oxygen atoms in total. The molecule has 2 N–H and O–H groups in total. The Kier molecular flexibility index (Phi) is 13.3. The van der Waals surface area contributed by atoms with Crippen molar-refractivity contribution in [3.05, 3.63) is 28.7 Å². The fourth-order valence-corrected chi connectivity index (χ4v) is 2.57. The topological polar surface area (TPSA) is 132 Å². The van der Waals surface area contributed by atoms with Gasteiger partial charge in [-0.15, -0.1) is 0 Å². The van der Waals surface area contributed by atoms with E-state index >= 15 is 0 Å². The van der Waals surface area contributed by atoms with E-state index in [1.54, 1.807) is 27.7 Å². The van der Waals surface area contributed by atoms with Gasteiger partial charge in [-0.2, -0.15) is 0 Å². The molecule has 1 amide bonds. The third-order valence-corrected chi connectivity index (χ3v) is 3.96. The van der Waals surface area contributed by atoms with Gasteiger partial charge in [-0.3, -0.25) is 14.5 Å². The summed E-state index contributed by atoms with van der Waals surface area (Å²) >= 11 is 0. The molecule has 0 bridgehead atoms. The Bertz CT molecular complexity index is 776. The smallest absolute Gasteiger partial charge is 0.414 e. The van der Waals surface area contributed by atoms with E-state index in [2.05, 4.69) is 0 Å². The lowest BCUT2D eigenvalue weighted by Gasteiger charge is -2.27. The van der Waals surface area contributed by atoms with Crippen LogP contribution in [0.25, 0.3) is 0 Å². The summed E-state index contributed by atoms with van der Waals surface area (Å²) in [5, 5.41) is 0. The maximum Gasteiger partial charge on any atom is 0.414 e. The molecule has 0 atom stereocenters. The molecule has 1 aromatic heterocycles. The number of esters is 1. The van der Waals surface area contributed by atoms with Crippen molar-refractivity contribution in [1.29, 1.82) is 0 Å². The number of carbonyl (C=O) groups excluding carboxylic acids is 2. The van der Waals surface area contributed by atoms with Gasteiger partial charge in [0.05, 0.1) is 58.5 Å². The van der Waals surface area contributed by atoms with Crippen LogP contribution in [0.4, 0.5) is 10.5 Å². The van der Waals surface area contributed by atoms with E-state index in [1.807, 2.05) is 0 Å². The monoisotopic (exact) mass is 471 g/mol. The summed E-state index contributed by atoms with van der Waals surface area (Å²) in [4.78, 5) is 38.1. The largest absolute Gasteiger partial charge is 0.465 e. The van der Waals surface area contributed by atoms with E-state index in [0.29, 0.717) is 45.3 Å². The van der Waals surface area contributed by atoms with Crippen molar-refractivity contribution in [1.82, 2.24) is 4.57 Å². The fraction of sp³-hybridized carbons (Fsp3) is 0.682. The number of rotatable bonds is 15. The third kappa shape index (κ3) is 12.4. The zero-order chi connectivity index (χ0) is 24.7. The first-order chi connectivity index (χ1) is 15.7. The fourth-order valence-electron chi connectivity index (χ4n) is 2.57. The van der Waals surface area contributed by atoms with Crippen molar-refractivity contribution in [3.63, 3.8) is 0 Å². The van der Waals surface area contributed by atoms with Crippen molar-refractivity contribution in [2.24, 2.45) is 5.73 Å². The van der Waals surface area contributed by atoms with Gasteiger partial charge in [-0.05, 0) is 33.8 Å². The molecule has 1 rings (SSSR count). The van der Waals surface area contributed by atoms with Crippen LogP contribution in [0.2, 0.25) is 0 Å². The van der Waals surface area contributed by atoms with E-state index in [9.17, 15) is 14.4 Å². The SMILES string of the molecule is CCOC(=O)Cn1cc(N(CCOCCOCCOCCN)C(=O)OC(C)(C)C)ccc1=O. The second-order valence-electron chi connectivity index (χ2n) is 7.92. The minimum Gasteiger partial charge on any atom is -0.465 e. The molecule has 11 heteroatoms. The Morgan fingerprint density at radius 2 is 1.61 bits per heavy atom. The molecule has 0 aliphatic carbocycles. The van der Waals surface area contributed by atoms with Gasteiger partial charge in [0.25, 0.3) is 5.56 Å². The predicted molar refractivity (Wildman–Crippen MR) is 122 cm³/mol. The Balaban J connectivity index is 2.73. The first-order valence-electron chi connectivity index (χ1n) is 11.0. The Morgan fingerprint density at radius 3 is 2.18 bits per heavy atom. The second-order valence-corrected chi connectivity index (χ2v) is 7.92. The number of hydrogen-bond donors (Lipinski definition) is 1. The summed E-state index contributed by atoms with van der Waals surface area (Å²) in [6.07, 6.45) is 0.828. The number of pyridine rings is 1. The van der Waals surface area contributed by atoms with Crippen LogP contribution >= 0.6 is 0 Å². The van der Waals surface area contributed by atoms with Gasteiger partial charge >= 0.3 is 12.1 Å². The second kappa shape index (κ2) is 15.4. The Morgan fingerprint density at radius 1 is 1.00 bits per heavy atom. The normalized spacial score (nSPS) is 11.3. The van der Waals surface area contributed by atoms with Gasteiger partial charge < -0.3 is 34.0 Å². The van der Waals surface area contributed by atoms with Crippen LogP contribution in [0.3, 0.4) is 0 Å². The molecule has 0 aliphatic rings. The molecular weight excluding hydrogens is 434 g/mol. The number of aromatic nitrogens is 1. The molecule has 0 spiro atoms. The highest BCUT2D eigenvalue weighted by atomic mass is 16.6. The van der Waals surface area contributed by atoms with Gasteiger partial charge in [0.1, 0.15) is 12.1 Å². The highest BCUT2D eigenvalue weighted by Gasteiger charge is 2.24. The van der Waals surface area contributed by atoms with Crippen LogP contribution in [0.5, 0.6) is 0 Å². The summed E-state index contributed by atoms with van der Waals surface area (Å²) in [6, 6.07) is 2.78. The Hall–Kier alpha value is -2.47. The standard InChI is InChI=1S/C22H37N3O8/c1-5-32-20(27)17-24-16-18(6-7-19(24)26)25(21(28)33-22(2,3)4)9-11-30-13-15-31-14-12-29-10-8-23/h6-7,16H,5,8-15,17,23H2,1-4H3. The lowest BCUT2D eigenvalue weighted by molar-refractivity contribution is -0.143. The zero-order valence-electron chi connectivity index (χ0n) is 20.0. The lowest BCUT2D eigenvalue weighted by Crippen LogP contribution is -2.39. The predicted octanol–water partition coefficient (Wildman–Crippen LogP) is 1.16. The van der Waals surface area contributed by atoms with Gasteiger partial charge in [0.2, 0.25) is 0 Å². The quantitative estimate of drug-likeness (QED) is 0.296. The number of nitrogens with zero attached hydrogens (tertiary/aromatic N) is 2. The number of carbonyl (C=O) groups is 2. The van der Waals surface area contributed by atoms with Crippen LogP contribution in [0, 0.1) is 0 Å². The van der Waals surface area contributed by atoms with Gasteiger partial charge in [-0.25, -0.2) is 4.79 Å². The van der Waals surface area contributed by atoms with Crippen molar-refractivity contribution in [2.75, 3.05) is 64.2 Å². The zero-order valence-corrected chi connectivity index (χ0v) is 20.0. The van der Waals surface area contributed by atoms with Crippen molar-refractivity contribution in [3.8, 4) is 0 Å². The average molecular weight is 472 g/mol. The molecule has 0 aliphatic heterocycles. The molecular formula is C22H37N3O8. The van der Waals surface area contributed by atoms with E-state index in [-0.39, 0.29) is 31.9 Å². The first-order valence-corrected chi connectivity index (χ1v) is 11.0. The minimum absolute atomic E-state index is 0.173. The van der Waals surface area contributed by atoms with E-state index < -0.39 is 17.7 Å². The molecule has 0 saturated heterocycles. The summed E-state index contributed by atoms with van der Waals surface area (Å²) < 4.78 is 27.8. The van der Waals surface area contributed by atoms with Gasteiger partial charge in [0.15, 0.2) is 0 Å². The van der Waals surface area contributed by atoms with Crippen molar-refractivity contribution in [2.45, 2.75) is 39.8 Å². The van der Waals surface area contributed by atoms with E-state index in [0.717, 1.165) is 0 Å². The highest BCUT2D eigenvalue weighted by molar-refractivity contribution is 5.87. The first kappa shape index (κ1) is 28.6. The number of amides is 1. The molecule has 33 heavy (non-hydrogen) atoms. The molecule has 1 heterocycles. The minimum atomic E-state index is -0.713. The maximum absolute atomic E-state index is 12.8. The maximum atomic E-state index is 12.8. The number of anilines is 1. The van der Waals surface area contributed by atoms with Crippen LogP contribution in [-0.4, -0.2) is 81.6 Å². The molecule has 0 saturated carbocycles. The van der Waals surface area contributed by atoms with Crippen molar-refractivity contribution < 1.29 is 33.3 Å². The van der Waals surface area contributed by atoms with Crippen LogP contribution in [0.1, 0.15) is 27.7 Å². The lowest BCUT2D eigenvalue weighted by atomic mass is 10.2. The highest BCUT2D eigenvalue weighted by Crippen LogP contribution is 2.17. The van der Waals surface area contributed by atoms with E-state index in [4.69, 9.17) is 29.4 Å². The summed E-state index contributed by atoms with van der Waals surface area (Å²) in [7, 11) is 0. The Labute approximate surface area is 194 Å². The summed E-state index contributed by atoms with van der Waals surface area (Å²) in [6.45, 7) is 9.87. The molecule has 1 aromatic rings. The van der Waals surface area contributed by atoms with Gasteiger partial charge in [0, 0.05) is 18.8 Å². The molecule has 0 radical (unpaired) electrons. The average Bonchev–Trinajstić information content (AvgIpc) is 2.73. The number of ether oxygens (including phenoxy) is 5. The molecule has 0 aromatic carbocycles. The van der Waals surface area contributed by atoms with Gasteiger partial charge in [-0.1, -0.05) is 0 Å². The van der Waals surface area contributed by atoms with Crippen LogP contribution in [-0.2, 0) is 35.0 Å². The van der Waals surface area contributed by atoms with Crippen molar-refractivity contribution >= 4 is 17.7 Å². The summed E-state index contributed by atoms with van der Waals surface area (Å²) in [5.74, 6) is -0.544. The molecule has 0 fully saturated rings. The third-order valence-electron chi connectivity index (χ3n) is 3.96. The number of hydrogen-bond acceptors (Lipinski definition) is 9. The van der Waals surface area contributed by atoms with Crippen LogP contribution < -0.4 is 16.2 Å². The summed E-state index contributed by atoms with van der Waals surface area (Å²) in [5.41, 5.74) is 4.63. The van der Waals surface area contributed by atoms with Crippen LogP contribution in [0.15, 0.2) is 23.1 Å².